The molecule has 0 aromatic carbocycles. The fourth-order valence-electron chi connectivity index (χ4n) is 2.36. The van der Waals surface area contributed by atoms with Gasteiger partial charge in [-0.2, -0.15) is 0 Å². The lowest BCUT2D eigenvalue weighted by molar-refractivity contribution is -0.133. The van der Waals surface area contributed by atoms with Crippen molar-refractivity contribution in [2.75, 3.05) is 60.2 Å². The van der Waals surface area contributed by atoms with Crippen LogP contribution in [0.1, 0.15) is 19.3 Å². The summed E-state index contributed by atoms with van der Waals surface area (Å²) in [6, 6.07) is 0.299. The summed E-state index contributed by atoms with van der Waals surface area (Å²) in [5.74, 6) is 0.175. The van der Waals surface area contributed by atoms with Gasteiger partial charge >= 0.3 is 0 Å². The first-order valence-electron chi connectivity index (χ1n) is 7.41. The number of carbonyl (C=O) groups excluding carboxylic acids is 1. The van der Waals surface area contributed by atoms with E-state index in [2.05, 4.69) is 4.90 Å². The SMILES string of the molecule is COCCCN(CCOC)C(=O)CN1CCC(N)CC1. The number of carbonyl (C=O) groups is 1. The summed E-state index contributed by atoms with van der Waals surface area (Å²) in [5.41, 5.74) is 5.88. The second-order valence-corrected chi connectivity index (χ2v) is 5.33. The predicted molar refractivity (Wildman–Crippen MR) is 78.6 cm³/mol. The van der Waals surface area contributed by atoms with Crippen molar-refractivity contribution in [1.82, 2.24) is 9.80 Å². The summed E-state index contributed by atoms with van der Waals surface area (Å²) < 4.78 is 10.1. The maximum atomic E-state index is 12.3. The molecular weight excluding hydrogens is 258 g/mol. The van der Waals surface area contributed by atoms with Crippen molar-refractivity contribution in [2.45, 2.75) is 25.3 Å². The van der Waals surface area contributed by atoms with Crippen LogP contribution in [0.2, 0.25) is 0 Å². The van der Waals surface area contributed by atoms with Crippen molar-refractivity contribution < 1.29 is 14.3 Å². The zero-order valence-electron chi connectivity index (χ0n) is 12.8. The highest BCUT2D eigenvalue weighted by Gasteiger charge is 2.21. The lowest BCUT2D eigenvalue weighted by Gasteiger charge is -2.31. The molecule has 0 saturated carbocycles. The molecule has 1 rings (SSSR count). The highest BCUT2D eigenvalue weighted by Crippen LogP contribution is 2.08. The van der Waals surface area contributed by atoms with E-state index in [1.165, 1.54) is 0 Å². The van der Waals surface area contributed by atoms with Crippen molar-refractivity contribution in [1.29, 1.82) is 0 Å². The van der Waals surface area contributed by atoms with Crippen LogP contribution in [0.3, 0.4) is 0 Å². The van der Waals surface area contributed by atoms with E-state index in [0.717, 1.165) is 38.9 Å². The van der Waals surface area contributed by atoms with Gasteiger partial charge in [-0.3, -0.25) is 9.69 Å². The number of hydrogen-bond acceptors (Lipinski definition) is 5. The lowest BCUT2D eigenvalue weighted by atomic mass is 10.1. The zero-order chi connectivity index (χ0) is 14.8. The molecule has 1 saturated heterocycles. The quantitative estimate of drug-likeness (QED) is 0.601. The average Bonchev–Trinajstić information content (AvgIpc) is 2.45. The number of nitrogens with zero attached hydrogens (tertiary/aromatic N) is 2. The Morgan fingerprint density at radius 2 is 1.85 bits per heavy atom. The molecule has 0 atom stereocenters. The summed E-state index contributed by atoms with van der Waals surface area (Å²) >= 11 is 0. The highest BCUT2D eigenvalue weighted by molar-refractivity contribution is 5.78. The van der Waals surface area contributed by atoms with Crippen LogP contribution in [-0.4, -0.2) is 81.9 Å². The van der Waals surface area contributed by atoms with Crippen molar-refractivity contribution in [3.05, 3.63) is 0 Å². The molecule has 6 nitrogen and oxygen atoms in total. The van der Waals surface area contributed by atoms with Crippen LogP contribution in [0.5, 0.6) is 0 Å². The van der Waals surface area contributed by atoms with Gasteiger partial charge in [0.1, 0.15) is 0 Å². The molecule has 1 heterocycles. The molecule has 2 N–H and O–H groups in total. The largest absolute Gasteiger partial charge is 0.385 e. The van der Waals surface area contributed by atoms with Gasteiger partial charge in [0.25, 0.3) is 0 Å². The Hall–Kier alpha value is -0.690. The Bertz CT molecular complexity index is 268. The standard InChI is InChI=1S/C14H29N3O3/c1-19-10-3-6-17(9-11-20-2)14(18)12-16-7-4-13(15)5-8-16/h13H,3-12,15H2,1-2H3. The first-order valence-corrected chi connectivity index (χ1v) is 7.41. The van der Waals surface area contributed by atoms with Gasteiger partial charge in [-0.1, -0.05) is 0 Å². The van der Waals surface area contributed by atoms with E-state index >= 15 is 0 Å². The number of piperidine rings is 1. The molecule has 0 aliphatic carbocycles. The molecule has 0 radical (unpaired) electrons. The maximum Gasteiger partial charge on any atom is 0.236 e. The molecule has 0 aromatic rings. The lowest BCUT2D eigenvalue weighted by Crippen LogP contribution is -2.46. The molecule has 0 bridgehead atoms. The van der Waals surface area contributed by atoms with Gasteiger partial charge < -0.3 is 20.1 Å². The minimum Gasteiger partial charge on any atom is -0.385 e. The number of rotatable bonds is 9. The third kappa shape index (κ3) is 6.65. The van der Waals surface area contributed by atoms with Crippen molar-refractivity contribution in [2.24, 2.45) is 5.73 Å². The fourth-order valence-corrected chi connectivity index (χ4v) is 2.36. The van der Waals surface area contributed by atoms with Crippen LogP contribution in [-0.2, 0) is 14.3 Å². The molecule has 0 aromatic heterocycles. The van der Waals surface area contributed by atoms with E-state index in [9.17, 15) is 4.79 Å². The van der Waals surface area contributed by atoms with Crippen LogP contribution in [0.25, 0.3) is 0 Å². The van der Waals surface area contributed by atoms with E-state index in [1.807, 2.05) is 4.90 Å². The number of hydrogen-bond donors (Lipinski definition) is 1. The predicted octanol–water partition coefficient (Wildman–Crippen LogP) is -0.0790. The first-order chi connectivity index (χ1) is 9.67. The van der Waals surface area contributed by atoms with Crippen LogP contribution in [0.15, 0.2) is 0 Å². The van der Waals surface area contributed by atoms with Crippen molar-refractivity contribution in [3.8, 4) is 0 Å². The minimum atomic E-state index is 0.175. The Morgan fingerprint density at radius 1 is 1.20 bits per heavy atom. The van der Waals surface area contributed by atoms with Gasteiger partial charge in [-0.25, -0.2) is 0 Å². The van der Waals surface area contributed by atoms with Gasteiger partial charge in [-0.15, -0.1) is 0 Å². The van der Waals surface area contributed by atoms with Crippen LogP contribution in [0.4, 0.5) is 0 Å². The number of nitrogens with two attached hydrogens (primary N) is 1. The van der Waals surface area contributed by atoms with Crippen molar-refractivity contribution in [3.63, 3.8) is 0 Å². The summed E-state index contributed by atoms with van der Waals surface area (Å²) in [4.78, 5) is 16.4. The summed E-state index contributed by atoms with van der Waals surface area (Å²) in [7, 11) is 3.34. The number of likely N-dealkylation sites (tertiary alicyclic amines) is 1. The molecule has 6 heteroatoms. The van der Waals surface area contributed by atoms with E-state index in [-0.39, 0.29) is 5.91 Å². The smallest absolute Gasteiger partial charge is 0.236 e. The maximum absolute atomic E-state index is 12.3. The Balaban J connectivity index is 2.36. The van der Waals surface area contributed by atoms with E-state index in [1.54, 1.807) is 14.2 Å². The Kier molecular flexibility index (Phi) is 8.77. The summed E-state index contributed by atoms with van der Waals surface area (Å²) in [5, 5.41) is 0. The van der Waals surface area contributed by atoms with Crippen LogP contribution >= 0.6 is 0 Å². The van der Waals surface area contributed by atoms with Gasteiger partial charge in [0.2, 0.25) is 5.91 Å². The molecule has 20 heavy (non-hydrogen) atoms. The van der Waals surface area contributed by atoms with Crippen LogP contribution in [0, 0.1) is 0 Å². The second kappa shape index (κ2) is 10.1. The van der Waals surface area contributed by atoms with E-state index in [4.69, 9.17) is 15.2 Å². The second-order valence-electron chi connectivity index (χ2n) is 5.33. The summed E-state index contributed by atoms with van der Waals surface area (Å²) in [6.07, 6.45) is 2.82. The molecule has 1 aliphatic rings. The average molecular weight is 287 g/mol. The third-order valence-electron chi connectivity index (χ3n) is 3.69. The minimum absolute atomic E-state index is 0.175. The van der Waals surface area contributed by atoms with E-state index < -0.39 is 0 Å². The van der Waals surface area contributed by atoms with E-state index in [0.29, 0.717) is 32.3 Å². The van der Waals surface area contributed by atoms with Crippen LogP contribution < -0.4 is 5.73 Å². The molecule has 1 amide bonds. The Labute approximate surface area is 122 Å². The van der Waals surface area contributed by atoms with Gasteiger partial charge in [0.15, 0.2) is 0 Å². The Morgan fingerprint density at radius 3 is 2.45 bits per heavy atom. The number of methoxy groups -OCH3 is 2. The molecule has 0 spiro atoms. The van der Waals surface area contributed by atoms with Crippen molar-refractivity contribution >= 4 is 5.91 Å². The topological polar surface area (TPSA) is 68.0 Å². The molecule has 0 unspecified atom stereocenters. The first kappa shape index (κ1) is 17.4. The zero-order valence-corrected chi connectivity index (χ0v) is 12.8. The van der Waals surface area contributed by atoms with Gasteiger partial charge in [0, 0.05) is 53.0 Å². The highest BCUT2D eigenvalue weighted by atomic mass is 16.5. The number of ether oxygens (including phenoxy) is 2. The molecule has 118 valence electrons. The monoisotopic (exact) mass is 287 g/mol. The molecule has 1 fully saturated rings. The molecule has 1 aliphatic heterocycles. The summed E-state index contributed by atoms with van der Waals surface area (Å²) in [6.45, 7) is 4.95. The molecular formula is C14H29N3O3. The van der Waals surface area contributed by atoms with Gasteiger partial charge in [-0.05, 0) is 19.3 Å². The number of amides is 1. The normalized spacial score (nSPS) is 17.4. The third-order valence-corrected chi connectivity index (χ3v) is 3.69. The fraction of sp³-hybridized carbons (Fsp3) is 0.929. The van der Waals surface area contributed by atoms with Gasteiger partial charge in [0.05, 0.1) is 13.2 Å².